The molecule has 20 heavy (non-hydrogen) atoms. The summed E-state index contributed by atoms with van der Waals surface area (Å²) in [6.07, 6.45) is 2.45. The third-order valence-corrected chi connectivity index (χ3v) is 3.82. The molecule has 1 aromatic rings. The van der Waals surface area contributed by atoms with E-state index in [2.05, 4.69) is 10.3 Å². The van der Waals surface area contributed by atoms with Gasteiger partial charge in [-0.05, 0) is 6.92 Å². The lowest BCUT2D eigenvalue weighted by molar-refractivity contribution is -0.159. The van der Waals surface area contributed by atoms with Crippen molar-refractivity contribution in [1.29, 1.82) is 0 Å². The number of urea groups is 1. The van der Waals surface area contributed by atoms with Crippen molar-refractivity contribution < 1.29 is 19.4 Å². The molecular formula is C12H17N3O4S. The molecule has 0 bridgehead atoms. The summed E-state index contributed by atoms with van der Waals surface area (Å²) in [6.45, 7) is 2.81. The van der Waals surface area contributed by atoms with E-state index in [0.717, 1.165) is 5.01 Å². The van der Waals surface area contributed by atoms with Crippen molar-refractivity contribution in [2.24, 2.45) is 0 Å². The fourth-order valence-electron chi connectivity index (χ4n) is 2.00. The number of hydrogen-bond acceptors (Lipinski definition) is 5. The van der Waals surface area contributed by atoms with Crippen LogP contribution in [0.2, 0.25) is 0 Å². The zero-order chi connectivity index (χ0) is 14.6. The van der Waals surface area contributed by atoms with Crippen molar-refractivity contribution in [2.45, 2.75) is 18.9 Å². The molecule has 0 spiro atoms. The molecule has 2 heterocycles. The van der Waals surface area contributed by atoms with Crippen LogP contribution in [0.1, 0.15) is 11.9 Å². The first-order chi connectivity index (χ1) is 9.48. The summed E-state index contributed by atoms with van der Waals surface area (Å²) in [4.78, 5) is 28.0. The number of aromatic nitrogens is 1. The van der Waals surface area contributed by atoms with Crippen LogP contribution in [0.4, 0.5) is 4.79 Å². The van der Waals surface area contributed by atoms with E-state index in [4.69, 9.17) is 9.84 Å². The summed E-state index contributed by atoms with van der Waals surface area (Å²) in [5, 5.41) is 14.3. The predicted octanol–water partition coefficient (Wildman–Crippen LogP) is 0.571. The fraction of sp³-hybridized carbons (Fsp3) is 0.583. The summed E-state index contributed by atoms with van der Waals surface area (Å²) in [5.74, 6) is -1.00. The number of likely N-dealkylation sites (tertiary alicyclic amines) is 1. The quantitative estimate of drug-likeness (QED) is 0.801. The van der Waals surface area contributed by atoms with Gasteiger partial charge in [0.1, 0.15) is 12.2 Å². The molecule has 1 aromatic heterocycles. The molecule has 2 amide bonds. The zero-order valence-electron chi connectivity index (χ0n) is 11.2. The first kappa shape index (κ1) is 14.7. The Kier molecular flexibility index (Phi) is 4.56. The molecule has 0 aromatic carbocycles. The van der Waals surface area contributed by atoms with Gasteiger partial charge in [0.25, 0.3) is 0 Å². The maximum absolute atomic E-state index is 11.8. The zero-order valence-corrected chi connectivity index (χ0v) is 12.0. The Morgan fingerprint density at radius 3 is 2.95 bits per heavy atom. The molecular weight excluding hydrogens is 282 g/mol. The summed E-state index contributed by atoms with van der Waals surface area (Å²) in [6, 6.07) is -0.155. The molecule has 110 valence electrons. The monoisotopic (exact) mass is 299 g/mol. The van der Waals surface area contributed by atoms with Gasteiger partial charge >= 0.3 is 12.0 Å². The van der Waals surface area contributed by atoms with Crippen molar-refractivity contribution in [3.63, 3.8) is 0 Å². The average molecular weight is 299 g/mol. The van der Waals surface area contributed by atoms with Gasteiger partial charge < -0.3 is 20.1 Å². The Morgan fingerprint density at radius 1 is 1.60 bits per heavy atom. The van der Waals surface area contributed by atoms with Crippen LogP contribution >= 0.6 is 11.3 Å². The van der Waals surface area contributed by atoms with E-state index < -0.39 is 11.6 Å². The second-order valence-corrected chi connectivity index (χ2v) is 5.88. The van der Waals surface area contributed by atoms with Gasteiger partial charge in [-0.25, -0.2) is 14.6 Å². The molecule has 1 aliphatic heterocycles. The molecule has 1 aliphatic rings. The first-order valence-electron chi connectivity index (χ1n) is 6.25. The second kappa shape index (κ2) is 6.19. The smallest absolute Gasteiger partial charge is 0.329 e. The summed E-state index contributed by atoms with van der Waals surface area (Å²) in [5.41, 5.74) is -0.551. The number of nitrogens with one attached hydrogen (secondary N) is 1. The summed E-state index contributed by atoms with van der Waals surface area (Å²) < 4.78 is 5.24. The van der Waals surface area contributed by atoms with Crippen molar-refractivity contribution in [2.75, 3.05) is 26.2 Å². The van der Waals surface area contributed by atoms with E-state index in [1.54, 1.807) is 29.4 Å². The molecule has 2 rings (SSSR count). The van der Waals surface area contributed by atoms with Gasteiger partial charge in [-0.3, -0.25) is 0 Å². The van der Waals surface area contributed by atoms with Crippen molar-refractivity contribution >= 4 is 23.3 Å². The van der Waals surface area contributed by atoms with E-state index in [-0.39, 0.29) is 12.6 Å². The predicted molar refractivity (Wildman–Crippen MR) is 72.8 cm³/mol. The molecule has 7 nitrogen and oxygen atoms in total. The number of aliphatic carboxylic acids is 1. The number of carboxylic acid groups (broad SMARTS) is 1. The molecule has 0 unspecified atom stereocenters. The van der Waals surface area contributed by atoms with Gasteiger partial charge in [-0.1, -0.05) is 0 Å². The molecule has 1 fully saturated rings. The molecule has 0 atom stereocenters. The third kappa shape index (κ3) is 3.91. The van der Waals surface area contributed by atoms with E-state index in [1.165, 1.54) is 0 Å². The van der Waals surface area contributed by atoms with Gasteiger partial charge in [-0.2, -0.15) is 0 Å². The minimum Gasteiger partial charge on any atom is -0.480 e. The maximum Gasteiger partial charge on any atom is 0.329 e. The summed E-state index contributed by atoms with van der Waals surface area (Å²) in [7, 11) is 0. The highest BCUT2D eigenvalue weighted by molar-refractivity contribution is 7.09. The van der Waals surface area contributed by atoms with Crippen LogP contribution in [-0.4, -0.2) is 58.8 Å². The van der Waals surface area contributed by atoms with E-state index >= 15 is 0 Å². The lowest BCUT2D eigenvalue weighted by Crippen LogP contribution is -2.65. The standard InChI is InChI=1S/C12H17N3O4S/c1-12(19-6-10(16)17)7-15(8-12)11(18)14-3-2-9-13-4-5-20-9/h4-5H,2-3,6-8H2,1H3,(H,14,18)(H,16,17). The largest absolute Gasteiger partial charge is 0.480 e. The molecule has 1 saturated heterocycles. The van der Waals surface area contributed by atoms with Gasteiger partial charge in [0, 0.05) is 24.5 Å². The Balaban J connectivity index is 1.64. The molecule has 8 heteroatoms. The number of rotatable bonds is 6. The number of carboxylic acids is 1. The molecule has 0 aliphatic carbocycles. The Bertz CT molecular complexity index is 471. The van der Waals surface area contributed by atoms with Crippen LogP contribution in [0, 0.1) is 0 Å². The number of carbonyl (C=O) groups is 2. The number of nitrogens with zero attached hydrogens (tertiary/aromatic N) is 2. The lowest BCUT2D eigenvalue weighted by atomic mass is 9.97. The number of ether oxygens (including phenoxy) is 1. The average Bonchev–Trinajstić information content (AvgIpc) is 2.86. The number of hydrogen-bond donors (Lipinski definition) is 2. The van der Waals surface area contributed by atoms with Crippen LogP contribution in [0.15, 0.2) is 11.6 Å². The second-order valence-electron chi connectivity index (χ2n) is 4.90. The Labute approximate surface area is 120 Å². The number of amides is 2. The topological polar surface area (TPSA) is 91.8 Å². The van der Waals surface area contributed by atoms with Crippen molar-refractivity contribution in [1.82, 2.24) is 15.2 Å². The van der Waals surface area contributed by atoms with E-state index in [1.807, 2.05) is 5.38 Å². The first-order valence-corrected chi connectivity index (χ1v) is 7.13. The van der Waals surface area contributed by atoms with Crippen LogP contribution < -0.4 is 5.32 Å². The normalized spacial score (nSPS) is 16.6. The Hall–Kier alpha value is -1.67. The van der Waals surface area contributed by atoms with Crippen LogP contribution in [0.25, 0.3) is 0 Å². The van der Waals surface area contributed by atoms with Gasteiger partial charge in [-0.15, -0.1) is 11.3 Å². The lowest BCUT2D eigenvalue weighted by Gasteiger charge is -2.46. The van der Waals surface area contributed by atoms with Crippen molar-refractivity contribution in [3.8, 4) is 0 Å². The molecule has 0 radical (unpaired) electrons. The van der Waals surface area contributed by atoms with E-state index in [9.17, 15) is 9.59 Å². The Morgan fingerprint density at radius 2 is 2.35 bits per heavy atom. The minimum atomic E-state index is -1.00. The maximum atomic E-state index is 11.8. The van der Waals surface area contributed by atoms with Gasteiger partial charge in [0.15, 0.2) is 0 Å². The number of thiazole rings is 1. The summed E-state index contributed by atoms with van der Waals surface area (Å²) >= 11 is 1.56. The molecule has 2 N–H and O–H groups in total. The van der Waals surface area contributed by atoms with Crippen molar-refractivity contribution in [3.05, 3.63) is 16.6 Å². The van der Waals surface area contributed by atoms with Gasteiger partial charge in [0.2, 0.25) is 0 Å². The van der Waals surface area contributed by atoms with Crippen LogP contribution in [-0.2, 0) is 16.0 Å². The van der Waals surface area contributed by atoms with Gasteiger partial charge in [0.05, 0.1) is 18.1 Å². The highest BCUT2D eigenvalue weighted by atomic mass is 32.1. The van der Waals surface area contributed by atoms with Crippen LogP contribution in [0.5, 0.6) is 0 Å². The minimum absolute atomic E-state index is 0.155. The van der Waals surface area contributed by atoms with Crippen LogP contribution in [0.3, 0.4) is 0 Å². The third-order valence-electron chi connectivity index (χ3n) is 2.98. The SMILES string of the molecule is CC1(OCC(=O)O)CN(C(=O)NCCc2nccs2)C1. The number of carbonyl (C=O) groups excluding carboxylic acids is 1. The highest BCUT2D eigenvalue weighted by Crippen LogP contribution is 2.24. The fourth-order valence-corrected chi connectivity index (χ4v) is 2.62. The van der Waals surface area contributed by atoms with E-state index in [0.29, 0.717) is 26.1 Å². The molecule has 0 saturated carbocycles. The highest BCUT2D eigenvalue weighted by Gasteiger charge is 2.42.